The van der Waals surface area contributed by atoms with E-state index in [-0.39, 0.29) is 6.03 Å². The molecule has 3 aromatic rings. The molecule has 0 aliphatic carbocycles. The number of carbonyl (C=O) groups excluding carboxylic acids is 1. The van der Waals surface area contributed by atoms with Crippen molar-refractivity contribution in [1.82, 2.24) is 15.3 Å². The normalized spacial score (nSPS) is 10.0. The quantitative estimate of drug-likeness (QED) is 0.479. The Morgan fingerprint density at radius 3 is 2.62 bits per heavy atom. The van der Waals surface area contributed by atoms with E-state index in [1.54, 1.807) is 12.4 Å². The van der Waals surface area contributed by atoms with Gasteiger partial charge in [0.1, 0.15) is 17.2 Å². The maximum absolute atomic E-state index is 12.1. The number of carbonyl (C=O) groups is 1. The minimum absolute atomic E-state index is 0.322. The van der Waals surface area contributed by atoms with Gasteiger partial charge in [-0.1, -0.05) is 36.3 Å². The summed E-state index contributed by atoms with van der Waals surface area (Å²) in [6, 6.07) is 11.3. The van der Waals surface area contributed by atoms with E-state index in [1.165, 1.54) is 16.9 Å². The van der Waals surface area contributed by atoms with E-state index in [1.807, 2.05) is 43.3 Å². The number of benzene rings is 1. The predicted octanol–water partition coefficient (Wildman–Crippen LogP) is 4.01. The molecule has 0 saturated heterocycles. The average molecular weight is 407 g/mol. The standard InChI is InChI=1S/C22H22N4O2S/c1-3-17-4-7-19(8-5-17)28-15-14-24-21(27)26-22-25-16(2)20(29-22)9-6-18-10-12-23-13-11-18/h4-5,7-8,10-13H,3,14-15H2,1-2H3,(H2,24,25,26,27). The lowest BCUT2D eigenvalue weighted by Crippen LogP contribution is -2.32. The van der Waals surface area contributed by atoms with Gasteiger partial charge in [-0.05, 0) is 49.1 Å². The third-order valence-corrected chi connectivity index (χ3v) is 4.99. The largest absolute Gasteiger partial charge is 0.492 e. The number of nitrogens with one attached hydrogen (secondary N) is 2. The summed E-state index contributed by atoms with van der Waals surface area (Å²) < 4.78 is 5.63. The molecule has 1 aromatic carbocycles. The van der Waals surface area contributed by atoms with E-state index < -0.39 is 0 Å². The van der Waals surface area contributed by atoms with Crippen molar-refractivity contribution in [2.24, 2.45) is 0 Å². The van der Waals surface area contributed by atoms with Crippen molar-refractivity contribution in [2.75, 3.05) is 18.5 Å². The molecule has 0 radical (unpaired) electrons. The van der Waals surface area contributed by atoms with Crippen LogP contribution in [0.15, 0.2) is 48.8 Å². The second-order valence-corrected chi connectivity index (χ2v) is 7.15. The van der Waals surface area contributed by atoms with E-state index in [9.17, 15) is 4.79 Å². The summed E-state index contributed by atoms with van der Waals surface area (Å²) in [7, 11) is 0. The van der Waals surface area contributed by atoms with E-state index >= 15 is 0 Å². The third-order valence-electron chi connectivity index (χ3n) is 4.01. The molecule has 2 amide bonds. The van der Waals surface area contributed by atoms with Gasteiger partial charge in [0.15, 0.2) is 5.13 Å². The van der Waals surface area contributed by atoms with Crippen molar-refractivity contribution in [3.63, 3.8) is 0 Å². The Kier molecular flexibility index (Phi) is 7.20. The fourth-order valence-corrected chi connectivity index (χ4v) is 3.24. The average Bonchev–Trinajstić information content (AvgIpc) is 3.09. The second-order valence-electron chi connectivity index (χ2n) is 6.15. The number of aromatic nitrogens is 2. The number of hydrogen-bond donors (Lipinski definition) is 2. The molecule has 0 atom stereocenters. The molecular formula is C22H22N4O2S. The van der Waals surface area contributed by atoms with Crippen LogP contribution < -0.4 is 15.4 Å². The number of hydrogen-bond acceptors (Lipinski definition) is 5. The zero-order valence-electron chi connectivity index (χ0n) is 16.4. The predicted molar refractivity (Wildman–Crippen MR) is 115 cm³/mol. The topological polar surface area (TPSA) is 76.1 Å². The fraction of sp³-hybridized carbons (Fsp3) is 0.227. The first kappa shape index (κ1) is 20.4. The number of aryl methyl sites for hydroxylation is 2. The van der Waals surface area contributed by atoms with Crippen molar-refractivity contribution in [3.05, 3.63) is 70.5 Å². The van der Waals surface area contributed by atoms with Gasteiger partial charge < -0.3 is 10.1 Å². The van der Waals surface area contributed by atoms with Gasteiger partial charge >= 0.3 is 6.03 Å². The lowest BCUT2D eigenvalue weighted by Gasteiger charge is -2.08. The number of urea groups is 1. The van der Waals surface area contributed by atoms with E-state index in [0.29, 0.717) is 18.3 Å². The van der Waals surface area contributed by atoms with E-state index in [2.05, 4.69) is 39.4 Å². The molecule has 2 heterocycles. The lowest BCUT2D eigenvalue weighted by atomic mass is 10.2. The molecule has 148 valence electrons. The van der Waals surface area contributed by atoms with E-state index in [0.717, 1.165) is 28.3 Å². The molecule has 0 unspecified atom stereocenters. The molecular weight excluding hydrogens is 384 g/mol. The van der Waals surface area contributed by atoms with Crippen LogP contribution in [0, 0.1) is 18.8 Å². The Morgan fingerprint density at radius 1 is 1.14 bits per heavy atom. The van der Waals surface area contributed by atoms with Gasteiger partial charge in [0, 0.05) is 18.0 Å². The maximum atomic E-state index is 12.1. The molecule has 6 nitrogen and oxygen atoms in total. The minimum atomic E-state index is -0.322. The Morgan fingerprint density at radius 2 is 1.90 bits per heavy atom. The SMILES string of the molecule is CCc1ccc(OCCNC(=O)Nc2nc(C)c(C#Cc3ccncc3)s2)cc1. The van der Waals surface area contributed by atoms with E-state index in [4.69, 9.17) is 4.74 Å². The number of nitrogens with zero attached hydrogens (tertiary/aromatic N) is 2. The highest BCUT2D eigenvalue weighted by Crippen LogP contribution is 2.21. The summed E-state index contributed by atoms with van der Waals surface area (Å²) in [4.78, 5) is 21.2. The van der Waals surface area contributed by atoms with Gasteiger partial charge in [-0.2, -0.15) is 0 Å². The molecule has 2 N–H and O–H groups in total. The summed E-state index contributed by atoms with van der Waals surface area (Å²) >= 11 is 1.34. The van der Waals surface area contributed by atoms with Crippen LogP contribution in [0.25, 0.3) is 0 Å². The van der Waals surface area contributed by atoms with Crippen LogP contribution in [0.4, 0.5) is 9.93 Å². The Labute approximate surface area is 174 Å². The van der Waals surface area contributed by atoms with Gasteiger partial charge in [-0.15, -0.1) is 0 Å². The molecule has 0 aliphatic heterocycles. The number of rotatable bonds is 6. The molecule has 29 heavy (non-hydrogen) atoms. The van der Waals surface area contributed by atoms with Gasteiger partial charge in [0.2, 0.25) is 0 Å². The second kappa shape index (κ2) is 10.2. The van der Waals surface area contributed by atoms with Crippen molar-refractivity contribution < 1.29 is 9.53 Å². The lowest BCUT2D eigenvalue weighted by molar-refractivity contribution is 0.247. The Balaban J connectivity index is 1.45. The molecule has 0 aliphatic rings. The van der Waals surface area contributed by atoms with Gasteiger partial charge in [0.25, 0.3) is 0 Å². The first-order chi connectivity index (χ1) is 14.1. The summed E-state index contributed by atoms with van der Waals surface area (Å²) in [6.45, 7) is 4.76. The highest BCUT2D eigenvalue weighted by atomic mass is 32.1. The molecule has 0 bridgehead atoms. The van der Waals surface area contributed by atoms with Crippen molar-refractivity contribution in [3.8, 4) is 17.6 Å². The minimum Gasteiger partial charge on any atom is -0.492 e. The van der Waals surface area contributed by atoms with Crippen molar-refractivity contribution in [1.29, 1.82) is 0 Å². The number of thiazole rings is 1. The zero-order chi connectivity index (χ0) is 20.5. The van der Waals surface area contributed by atoms with Crippen LogP contribution in [-0.4, -0.2) is 29.2 Å². The molecule has 3 rings (SSSR count). The molecule has 0 saturated carbocycles. The first-order valence-electron chi connectivity index (χ1n) is 9.30. The Bertz CT molecular complexity index is 1000. The number of anilines is 1. The van der Waals surface area contributed by atoms with Gasteiger partial charge in [-0.25, -0.2) is 9.78 Å². The van der Waals surface area contributed by atoms with Gasteiger partial charge in [-0.3, -0.25) is 10.3 Å². The smallest absolute Gasteiger partial charge is 0.321 e. The van der Waals surface area contributed by atoms with Crippen molar-refractivity contribution in [2.45, 2.75) is 20.3 Å². The summed E-state index contributed by atoms with van der Waals surface area (Å²) in [6.07, 6.45) is 4.39. The van der Waals surface area contributed by atoms with Crippen LogP contribution in [0.1, 0.15) is 28.6 Å². The molecule has 0 fully saturated rings. The number of pyridine rings is 1. The monoisotopic (exact) mass is 406 g/mol. The Hall–Kier alpha value is -3.37. The molecule has 2 aromatic heterocycles. The van der Waals surface area contributed by atoms with Crippen LogP contribution in [0.5, 0.6) is 5.75 Å². The molecule has 0 spiro atoms. The highest BCUT2D eigenvalue weighted by molar-refractivity contribution is 7.16. The van der Waals surface area contributed by atoms with Crippen molar-refractivity contribution >= 4 is 22.5 Å². The molecule has 7 heteroatoms. The number of amides is 2. The first-order valence-corrected chi connectivity index (χ1v) is 10.1. The summed E-state index contributed by atoms with van der Waals surface area (Å²) in [5, 5.41) is 6.01. The summed E-state index contributed by atoms with van der Waals surface area (Å²) in [5.41, 5.74) is 2.92. The third kappa shape index (κ3) is 6.33. The number of ether oxygens (including phenoxy) is 1. The summed E-state index contributed by atoms with van der Waals surface area (Å²) in [5.74, 6) is 6.95. The fourth-order valence-electron chi connectivity index (χ4n) is 2.43. The van der Waals surface area contributed by atoms with Crippen LogP contribution >= 0.6 is 11.3 Å². The maximum Gasteiger partial charge on any atom is 0.321 e. The van der Waals surface area contributed by atoms with Gasteiger partial charge in [0.05, 0.1) is 12.2 Å². The highest BCUT2D eigenvalue weighted by Gasteiger charge is 2.08. The van der Waals surface area contributed by atoms with Crippen LogP contribution in [0.3, 0.4) is 0 Å². The van der Waals surface area contributed by atoms with Crippen LogP contribution in [-0.2, 0) is 6.42 Å². The van der Waals surface area contributed by atoms with Crippen LogP contribution in [0.2, 0.25) is 0 Å². The zero-order valence-corrected chi connectivity index (χ0v) is 17.2.